The average Bonchev–Trinajstić information content (AvgIpc) is 2.84. The van der Waals surface area contributed by atoms with Crippen molar-refractivity contribution in [3.05, 3.63) is 129 Å². The third-order valence-electron chi connectivity index (χ3n) is 6.39. The molecule has 0 amide bonds. The molecule has 0 aliphatic heterocycles. The van der Waals surface area contributed by atoms with E-state index in [9.17, 15) is 8.78 Å². The molecule has 4 heteroatoms. The van der Waals surface area contributed by atoms with Crippen LogP contribution in [0, 0.1) is 17.5 Å². The molecule has 0 aliphatic carbocycles. The maximum absolute atomic E-state index is 15.1. The first-order chi connectivity index (χ1) is 16.9. The minimum absolute atomic E-state index is 0.101. The average molecular weight is 493 g/mol. The summed E-state index contributed by atoms with van der Waals surface area (Å²) >= 11 is 5.93. The van der Waals surface area contributed by atoms with Crippen LogP contribution in [-0.4, -0.2) is 0 Å². The van der Waals surface area contributed by atoms with Crippen molar-refractivity contribution in [3.63, 3.8) is 0 Å². The lowest BCUT2D eigenvalue weighted by Crippen LogP contribution is -2.01. The molecule has 4 aromatic carbocycles. The molecule has 0 nitrogen and oxygen atoms in total. The number of aryl methyl sites for hydroxylation is 4. The molecule has 180 valence electrons. The van der Waals surface area contributed by atoms with Crippen LogP contribution in [0.25, 0.3) is 10.8 Å². The second kappa shape index (κ2) is 11.6. The summed E-state index contributed by atoms with van der Waals surface area (Å²) in [5.41, 5.74) is 3.45. The van der Waals surface area contributed by atoms with E-state index >= 15 is 4.39 Å². The first-order valence-electron chi connectivity index (χ1n) is 12.0. The van der Waals surface area contributed by atoms with Gasteiger partial charge in [0.25, 0.3) is 0 Å². The molecule has 0 fully saturated rings. The zero-order valence-corrected chi connectivity index (χ0v) is 20.5. The van der Waals surface area contributed by atoms with Crippen LogP contribution in [0.2, 0.25) is 5.02 Å². The SMILES string of the molecule is C/C=C/CCc1cc(F)c(CCc2ccc3c(F)c(CCc4ccc(Cl)cc4)ccc3c2)c(F)c1. The molecule has 0 spiro atoms. The molecule has 0 aliphatic rings. The van der Waals surface area contributed by atoms with Crippen molar-refractivity contribution in [2.45, 2.75) is 45.4 Å². The maximum Gasteiger partial charge on any atom is 0.134 e. The van der Waals surface area contributed by atoms with E-state index in [4.69, 9.17) is 11.6 Å². The Hall–Kier alpha value is -3.04. The molecule has 0 unspecified atom stereocenters. The fourth-order valence-corrected chi connectivity index (χ4v) is 4.52. The van der Waals surface area contributed by atoms with Gasteiger partial charge in [0.15, 0.2) is 0 Å². The van der Waals surface area contributed by atoms with Gasteiger partial charge in [-0.05, 0) is 97.4 Å². The summed E-state index contributed by atoms with van der Waals surface area (Å²) in [7, 11) is 0. The molecule has 4 rings (SSSR count). The summed E-state index contributed by atoms with van der Waals surface area (Å²) in [5.74, 6) is -1.22. The van der Waals surface area contributed by atoms with Crippen LogP contribution in [0.3, 0.4) is 0 Å². The molecule has 0 atom stereocenters. The smallest absolute Gasteiger partial charge is 0.134 e. The summed E-state index contributed by atoms with van der Waals surface area (Å²) in [5, 5.41) is 2.03. The molecule has 0 radical (unpaired) electrons. The molecule has 35 heavy (non-hydrogen) atoms. The van der Waals surface area contributed by atoms with E-state index in [2.05, 4.69) is 0 Å². The van der Waals surface area contributed by atoms with Gasteiger partial charge in [0, 0.05) is 16.0 Å². The van der Waals surface area contributed by atoms with Gasteiger partial charge in [0.05, 0.1) is 0 Å². The van der Waals surface area contributed by atoms with E-state index in [-0.39, 0.29) is 17.8 Å². The van der Waals surface area contributed by atoms with Crippen molar-refractivity contribution in [3.8, 4) is 0 Å². The van der Waals surface area contributed by atoms with Crippen molar-refractivity contribution >= 4 is 22.4 Å². The van der Waals surface area contributed by atoms with Crippen LogP contribution in [0.15, 0.2) is 78.9 Å². The quantitative estimate of drug-likeness (QED) is 0.204. The normalized spacial score (nSPS) is 11.6. The van der Waals surface area contributed by atoms with Crippen LogP contribution in [0.5, 0.6) is 0 Å². The van der Waals surface area contributed by atoms with Gasteiger partial charge in [-0.3, -0.25) is 0 Å². The van der Waals surface area contributed by atoms with Crippen LogP contribution < -0.4 is 0 Å². The zero-order chi connectivity index (χ0) is 24.8. The van der Waals surface area contributed by atoms with Crippen molar-refractivity contribution in [1.82, 2.24) is 0 Å². The first kappa shape index (κ1) is 25.1. The Bertz CT molecular complexity index is 1320. The van der Waals surface area contributed by atoms with Gasteiger partial charge in [0.2, 0.25) is 0 Å². The number of fused-ring (bicyclic) bond motifs is 1. The van der Waals surface area contributed by atoms with Gasteiger partial charge < -0.3 is 0 Å². The van der Waals surface area contributed by atoms with Gasteiger partial charge in [-0.15, -0.1) is 0 Å². The van der Waals surface area contributed by atoms with Gasteiger partial charge >= 0.3 is 0 Å². The molecule has 0 saturated carbocycles. The molecule has 4 aromatic rings. The number of rotatable bonds is 9. The number of halogens is 4. The lowest BCUT2D eigenvalue weighted by molar-refractivity contribution is 0.551. The lowest BCUT2D eigenvalue weighted by atomic mass is 9.96. The van der Waals surface area contributed by atoms with E-state index in [1.165, 1.54) is 12.1 Å². The van der Waals surface area contributed by atoms with Crippen molar-refractivity contribution < 1.29 is 13.2 Å². The van der Waals surface area contributed by atoms with Gasteiger partial charge in [-0.1, -0.05) is 66.2 Å². The predicted molar refractivity (Wildman–Crippen MR) is 140 cm³/mol. The third kappa shape index (κ3) is 6.35. The number of hydrogen-bond donors (Lipinski definition) is 0. The highest BCUT2D eigenvalue weighted by Gasteiger charge is 2.13. The zero-order valence-electron chi connectivity index (χ0n) is 19.8. The molecule has 0 saturated heterocycles. The summed E-state index contributed by atoms with van der Waals surface area (Å²) < 4.78 is 44.3. The minimum atomic E-state index is -0.502. The Morgan fingerprint density at radius 1 is 0.686 bits per heavy atom. The molecule has 0 bridgehead atoms. The number of allylic oxidation sites excluding steroid dienone is 2. The fourth-order valence-electron chi connectivity index (χ4n) is 4.39. The van der Waals surface area contributed by atoms with Crippen LogP contribution in [0.4, 0.5) is 13.2 Å². The molecule has 0 heterocycles. The van der Waals surface area contributed by atoms with Crippen molar-refractivity contribution in [1.29, 1.82) is 0 Å². The summed E-state index contributed by atoms with van der Waals surface area (Å²) in [6.07, 6.45) is 7.31. The van der Waals surface area contributed by atoms with E-state index in [0.29, 0.717) is 40.8 Å². The summed E-state index contributed by atoms with van der Waals surface area (Å²) in [6.45, 7) is 1.92. The predicted octanol–water partition coefficient (Wildman–Crippen LogP) is 8.99. The Balaban J connectivity index is 1.44. The second-order valence-corrected chi connectivity index (χ2v) is 9.30. The Kier molecular flexibility index (Phi) is 8.30. The number of hydrogen-bond acceptors (Lipinski definition) is 0. The lowest BCUT2D eigenvalue weighted by Gasteiger charge is -2.10. The Morgan fingerprint density at radius 2 is 1.37 bits per heavy atom. The first-order valence-corrected chi connectivity index (χ1v) is 12.3. The van der Waals surface area contributed by atoms with E-state index < -0.39 is 11.6 Å². The molecular weight excluding hydrogens is 465 g/mol. The highest BCUT2D eigenvalue weighted by Crippen LogP contribution is 2.25. The van der Waals surface area contributed by atoms with Crippen molar-refractivity contribution in [2.24, 2.45) is 0 Å². The topological polar surface area (TPSA) is 0 Å². The van der Waals surface area contributed by atoms with Crippen LogP contribution in [-0.2, 0) is 32.1 Å². The van der Waals surface area contributed by atoms with Gasteiger partial charge in [0.1, 0.15) is 17.5 Å². The number of benzene rings is 4. The monoisotopic (exact) mass is 492 g/mol. The van der Waals surface area contributed by atoms with E-state index in [1.54, 1.807) is 6.07 Å². The fraction of sp³-hybridized carbons (Fsp3) is 0.226. The highest BCUT2D eigenvalue weighted by molar-refractivity contribution is 6.30. The molecule has 0 N–H and O–H groups in total. The Morgan fingerprint density at radius 3 is 2.09 bits per heavy atom. The standard InChI is InChI=1S/C31H28ClF3/c1-2-3-4-5-23-19-29(33)28(30(34)20-23)17-10-22-9-16-27-25(18-22)13-12-24(31(27)35)11-6-21-7-14-26(32)15-8-21/h2-3,7-9,12-16,18-20H,4-6,10-11,17H2,1H3/b3-2+. The largest absolute Gasteiger partial charge is 0.207 e. The summed E-state index contributed by atoms with van der Waals surface area (Å²) in [6, 6.07) is 19.7. The van der Waals surface area contributed by atoms with Crippen LogP contribution in [0.1, 0.15) is 41.2 Å². The second-order valence-electron chi connectivity index (χ2n) is 8.87. The maximum atomic E-state index is 15.1. The Labute approximate surface area is 210 Å². The third-order valence-corrected chi connectivity index (χ3v) is 6.65. The van der Waals surface area contributed by atoms with Crippen LogP contribution >= 0.6 is 11.6 Å². The van der Waals surface area contributed by atoms with Gasteiger partial charge in [-0.25, -0.2) is 13.2 Å². The van der Waals surface area contributed by atoms with E-state index in [1.807, 2.05) is 67.6 Å². The van der Waals surface area contributed by atoms with Crippen molar-refractivity contribution in [2.75, 3.05) is 0 Å². The summed E-state index contributed by atoms with van der Waals surface area (Å²) in [4.78, 5) is 0. The highest BCUT2D eigenvalue weighted by atomic mass is 35.5. The van der Waals surface area contributed by atoms with E-state index in [0.717, 1.165) is 29.4 Å². The molecular formula is C31H28ClF3. The molecule has 0 aromatic heterocycles. The minimum Gasteiger partial charge on any atom is -0.207 e. The van der Waals surface area contributed by atoms with Gasteiger partial charge in [-0.2, -0.15) is 0 Å².